The lowest BCUT2D eigenvalue weighted by Gasteiger charge is -2.32. The van der Waals surface area contributed by atoms with Crippen LogP contribution in [0.3, 0.4) is 0 Å². The van der Waals surface area contributed by atoms with Crippen molar-refractivity contribution in [2.45, 2.75) is 57.5 Å². The molecule has 2 fully saturated rings. The van der Waals surface area contributed by atoms with E-state index in [1.807, 2.05) is 0 Å². The number of hydrogen-bond donors (Lipinski definition) is 2. The normalized spacial score (nSPS) is 29.9. The van der Waals surface area contributed by atoms with Gasteiger partial charge < -0.3 is 11.1 Å². The minimum absolute atomic E-state index is 0.215. The number of carbonyl (C=O) groups is 1. The van der Waals surface area contributed by atoms with Crippen LogP contribution >= 0.6 is 0 Å². The number of amides is 1. The van der Waals surface area contributed by atoms with E-state index < -0.39 is 0 Å². The second-order valence-corrected chi connectivity index (χ2v) is 5.94. The fourth-order valence-electron chi connectivity index (χ4n) is 3.19. The van der Waals surface area contributed by atoms with Gasteiger partial charge in [0.15, 0.2) is 0 Å². The van der Waals surface area contributed by atoms with Gasteiger partial charge in [-0.3, -0.25) is 9.69 Å². The molecule has 0 aromatic rings. The van der Waals surface area contributed by atoms with Gasteiger partial charge in [-0.2, -0.15) is 0 Å². The van der Waals surface area contributed by atoms with Crippen molar-refractivity contribution in [1.82, 2.24) is 10.2 Å². The van der Waals surface area contributed by atoms with Crippen LogP contribution in [-0.2, 0) is 4.79 Å². The molecular formula is C14H27N3O. The summed E-state index contributed by atoms with van der Waals surface area (Å²) < 4.78 is 0. The molecule has 0 aliphatic carbocycles. The van der Waals surface area contributed by atoms with E-state index in [9.17, 15) is 4.79 Å². The Morgan fingerprint density at radius 2 is 2.22 bits per heavy atom. The van der Waals surface area contributed by atoms with Crippen molar-refractivity contribution < 1.29 is 4.79 Å². The van der Waals surface area contributed by atoms with Crippen molar-refractivity contribution in [2.75, 3.05) is 19.6 Å². The molecule has 0 saturated carbocycles. The van der Waals surface area contributed by atoms with E-state index in [0.29, 0.717) is 31.0 Å². The van der Waals surface area contributed by atoms with Crippen molar-refractivity contribution in [2.24, 2.45) is 11.7 Å². The third-order valence-corrected chi connectivity index (χ3v) is 4.47. The highest BCUT2D eigenvalue weighted by atomic mass is 16.1. The van der Waals surface area contributed by atoms with E-state index in [2.05, 4.69) is 17.1 Å². The first kappa shape index (κ1) is 13.8. The van der Waals surface area contributed by atoms with Gasteiger partial charge in [0.1, 0.15) is 0 Å². The molecule has 0 radical (unpaired) electrons. The van der Waals surface area contributed by atoms with Crippen LogP contribution in [-0.4, -0.2) is 42.5 Å². The van der Waals surface area contributed by atoms with Gasteiger partial charge in [0.25, 0.3) is 0 Å². The lowest BCUT2D eigenvalue weighted by molar-refractivity contribution is -0.122. The molecule has 2 heterocycles. The van der Waals surface area contributed by atoms with Crippen LogP contribution in [0.5, 0.6) is 0 Å². The van der Waals surface area contributed by atoms with Crippen LogP contribution in [0.15, 0.2) is 0 Å². The third kappa shape index (κ3) is 3.45. The Hall–Kier alpha value is -0.610. The molecule has 0 bridgehead atoms. The summed E-state index contributed by atoms with van der Waals surface area (Å²) in [4.78, 5) is 14.5. The summed E-state index contributed by atoms with van der Waals surface area (Å²) in [6.45, 7) is 5.16. The Morgan fingerprint density at radius 3 is 3.00 bits per heavy atom. The van der Waals surface area contributed by atoms with Crippen LogP contribution in [0.25, 0.3) is 0 Å². The SMILES string of the molecule is CC(CN)CCC(=O)NC1CCN2CCCCC12. The summed E-state index contributed by atoms with van der Waals surface area (Å²) >= 11 is 0. The maximum Gasteiger partial charge on any atom is 0.220 e. The fraction of sp³-hybridized carbons (Fsp3) is 0.929. The van der Waals surface area contributed by atoms with E-state index in [-0.39, 0.29) is 5.91 Å². The van der Waals surface area contributed by atoms with Crippen molar-refractivity contribution in [3.63, 3.8) is 0 Å². The summed E-state index contributed by atoms with van der Waals surface area (Å²) in [6, 6.07) is 1.00. The summed E-state index contributed by atoms with van der Waals surface area (Å²) in [6.07, 6.45) is 6.56. The Morgan fingerprint density at radius 1 is 1.39 bits per heavy atom. The van der Waals surface area contributed by atoms with Gasteiger partial charge in [-0.15, -0.1) is 0 Å². The monoisotopic (exact) mass is 253 g/mol. The van der Waals surface area contributed by atoms with E-state index in [4.69, 9.17) is 5.73 Å². The van der Waals surface area contributed by atoms with E-state index in [1.54, 1.807) is 0 Å². The van der Waals surface area contributed by atoms with Crippen LogP contribution in [0.1, 0.15) is 45.4 Å². The van der Waals surface area contributed by atoms with Crippen molar-refractivity contribution in [3.05, 3.63) is 0 Å². The van der Waals surface area contributed by atoms with Crippen molar-refractivity contribution in [3.8, 4) is 0 Å². The van der Waals surface area contributed by atoms with Crippen LogP contribution < -0.4 is 11.1 Å². The molecule has 4 nitrogen and oxygen atoms in total. The molecule has 2 aliphatic heterocycles. The lowest BCUT2D eigenvalue weighted by atomic mass is 9.98. The third-order valence-electron chi connectivity index (χ3n) is 4.47. The molecule has 18 heavy (non-hydrogen) atoms. The van der Waals surface area contributed by atoms with Gasteiger partial charge >= 0.3 is 0 Å². The largest absolute Gasteiger partial charge is 0.352 e. The molecular weight excluding hydrogens is 226 g/mol. The number of fused-ring (bicyclic) bond motifs is 1. The number of nitrogens with zero attached hydrogens (tertiary/aromatic N) is 1. The maximum absolute atomic E-state index is 11.9. The van der Waals surface area contributed by atoms with Crippen LogP contribution in [0.4, 0.5) is 0 Å². The lowest BCUT2D eigenvalue weighted by Crippen LogP contribution is -2.46. The van der Waals surface area contributed by atoms with Gasteiger partial charge in [-0.25, -0.2) is 0 Å². The topological polar surface area (TPSA) is 58.4 Å². The van der Waals surface area contributed by atoms with E-state index in [0.717, 1.165) is 19.4 Å². The zero-order chi connectivity index (χ0) is 13.0. The maximum atomic E-state index is 11.9. The number of nitrogens with two attached hydrogens (primary N) is 1. The van der Waals surface area contributed by atoms with Crippen LogP contribution in [0, 0.1) is 5.92 Å². The Labute approximate surface area is 110 Å². The molecule has 2 aliphatic rings. The molecule has 104 valence electrons. The molecule has 0 aromatic heterocycles. The highest BCUT2D eigenvalue weighted by molar-refractivity contribution is 5.76. The summed E-state index contributed by atoms with van der Waals surface area (Å²) in [7, 11) is 0. The van der Waals surface area contributed by atoms with Crippen LogP contribution in [0.2, 0.25) is 0 Å². The minimum atomic E-state index is 0.215. The zero-order valence-corrected chi connectivity index (χ0v) is 11.5. The Bertz CT molecular complexity index is 282. The summed E-state index contributed by atoms with van der Waals surface area (Å²) in [5.74, 6) is 0.665. The molecule has 2 rings (SSSR count). The molecule has 3 unspecified atom stereocenters. The second-order valence-electron chi connectivity index (χ2n) is 5.94. The quantitative estimate of drug-likeness (QED) is 0.771. The number of rotatable bonds is 5. The molecule has 0 spiro atoms. The molecule has 3 N–H and O–H groups in total. The first-order valence-electron chi connectivity index (χ1n) is 7.44. The Balaban J connectivity index is 1.74. The van der Waals surface area contributed by atoms with Crippen molar-refractivity contribution >= 4 is 5.91 Å². The summed E-state index contributed by atoms with van der Waals surface area (Å²) in [5, 5.41) is 3.24. The highest BCUT2D eigenvalue weighted by Gasteiger charge is 2.35. The van der Waals surface area contributed by atoms with E-state index >= 15 is 0 Å². The predicted octanol–water partition coefficient (Wildman–Crippen LogP) is 1.10. The number of nitrogens with one attached hydrogen (secondary N) is 1. The molecule has 2 saturated heterocycles. The van der Waals surface area contributed by atoms with E-state index in [1.165, 1.54) is 25.8 Å². The standard InChI is InChI=1S/C14H27N3O/c1-11(10-15)5-6-14(18)16-12-7-9-17-8-3-2-4-13(12)17/h11-13H,2-10,15H2,1H3,(H,16,18). The summed E-state index contributed by atoms with van der Waals surface area (Å²) in [5.41, 5.74) is 5.57. The average molecular weight is 253 g/mol. The minimum Gasteiger partial charge on any atom is -0.352 e. The molecule has 3 atom stereocenters. The van der Waals surface area contributed by atoms with Gasteiger partial charge in [-0.1, -0.05) is 13.3 Å². The van der Waals surface area contributed by atoms with Gasteiger partial charge in [-0.05, 0) is 44.7 Å². The molecule has 4 heteroatoms. The van der Waals surface area contributed by atoms with Crippen molar-refractivity contribution in [1.29, 1.82) is 0 Å². The van der Waals surface area contributed by atoms with Gasteiger partial charge in [0.05, 0.1) is 0 Å². The number of piperidine rings is 1. The smallest absolute Gasteiger partial charge is 0.220 e. The molecule has 0 aromatic carbocycles. The first-order valence-corrected chi connectivity index (χ1v) is 7.44. The second kappa shape index (κ2) is 6.53. The number of carbonyl (C=O) groups excluding carboxylic acids is 1. The first-order chi connectivity index (χ1) is 8.70. The fourth-order valence-corrected chi connectivity index (χ4v) is 3.19. The Kier molecular flexibility index (Phi) is 5.01. The van der Waals surface area contributed by atoms with Gasteiger partial charge in [0.2, 0.25) is 5.91 Å². The molecule has 1 amide bonds. The van der Waals surface area contributed by atoms with Gasteiger partial charge in [0, 0.05) is 25.0 Å². The average Bonchev–Trinajstić information content (AvgIpc) is 2.79. The zero-order valence-electron chi connectivity index (χ0n) is 11.5. The number of hydrogen-bond acceptors (Lipinski definition) is 3. The highest BCUT2D eigenvalue weighted by Crippen LogP contribution is 2.27. The predicted molar refractivity (Wildman–Crippen MR) is 73.2 cm³/mol.